The summed E-state index contributed by atoms with van der Waals surface area (Å²) >= 11 is 5.18. The number of nitro groups is 1. The van der Waals surface area contributed by atoms with E-state index in [1.165, 1.54) is 31.4 Å². The van der Waals surface area contributed by atoms with Crippen molar-refractivity contribution in [2.24, 2.45) is 0 Å². The predicted octanol–water partition coefficient (Wildman–Crippen LogP) is 4.73. The van der Waals surface area contributed by atoms with Crippen LogP contribution in [-0.2, 0) is 0 Å². The number of rotatable bonds is 6. The Bertz CT molecular complexity index is 1420. The number of hydrogen-bond donors (Lipinski definition) is 3. The van der Waals surface area contributed by atoms with E-state index in [-0.39, 0.29) is 22.1 Å². The largest absolute Gasteiger partial charge is 0.494 e. The second-order valence-corrected chi connectivity index (χ2v) is 7.64. The van der Waals surface area contributed by atoms with Crippen LogP contribution >= 0.6 is 12.2 Å². The van der Waals surface area contributed by atoms with E-state index in [0.29, 0.717) is 22.7 Å². The molecule has 0 bridgehead atoms. The van der Waals surface area contributed by atoms with Crippen molar-refractivity contribution < 1.29 is 23.7 Å². The molecule has 0 saturated carbocycles. The summed E-state index contributed by atoms with van der Waals surface area (Å²) in [5.74, 6) is -0.459. The van der Waals surface area contributed by atoms with Crippen LogP contribution in [0.5, 0.6) is 5.75 Å². The molecule has 3 aromatic carbocycles. The standard InChI is InChI=1S/C24H18N4O6S/c1-33-20-13-16(25-24(35)27-22(29)14-6-9-17(10-7-14)28(31)32)8-11-18(20)26-23(30)21-12-15-4-2-3-5-19(15)34-21/h2-13H,1H3,(H,26,30)(H2,25,27,29,35). The first-order valence-electron chi connectivity index (χ1n) is 10.2. The zero-order valence-electron chi connectivity index (χ0n) is 18.2. The molecule has 0 spiro atoms. The van der Waals surface area contributed by atoms with Crippen molar-refractivity contribution in [2.75, 3.05) is 17.7 Å². The number of thiocarbonyl (C=S) groups is 1. The molecule has 3 N–H and O–H groups in total. The molecule has 176 valence electrons. The van der Waals surface area contributed by atoms with Crippen molar-refractivity contribution in [1.82, 2.24) is 5.32 Å². The number of amides is 2. The van der Waals surface area contributed by atoms with Gasteiger partial charge in [0.25, 0.3) is 17.5 Å². The van der Waals surface area contributed by atoms with Crippen LogP contribution in [-0.4, -0.2) is 29.0 Å². The van der Waals surface area contributed by atoms with E-state index in [9.17, 15) is 19.7 Å². The fourth-order valence-corrected chi connectivity index (χ4v) is 3.43. The van der Waals surface area contributed by atoms with Gasteiger partial charge in [0, 0.05) is 34.8 Å². The van der Waals surface area contributed by atoms with Gasteiger partial charge in [0.1, 0.15) is 11.3 Å². The van der Waals surface area contributed by atoms with Gasteiger partial charge in [-0.2, -0.15) is 0 Å². The van der Waals surface area contributed by atoms with Gasteiger partial charge in [-0.25, -0.2) is 0 Å². The van der Waals surface area contributed by atoms with Crippen molar-refractivity contribution in [3.63, 3.8) is 0 Å². The van der Waals surface area contributed by atoms with Crippen LogP contribution in [0.3, 0.4) is 0 Å². The smallest absolute Gasteiger partial charge is 0.291 e. The maximum atomic E-state index is 12.6. The third kappa shape index (κ3) is 5.42. The summed E-state index contributed by atoms with van der Waals surface area (Å²) in [7, 11) is 1.45. The van der Waals surface area contributed by atoms with Crippen molar-refractivity contribution in [3.05, 3.63) is 94.2 Å². The molecule has 10 nitrogen and oxygen atoms in total. The Labute approximate surface area is 204 Å². The minimum Gasteiger partial charge on any atom is -0.494 e. The quantitative estimate of drug-likeness (QED) is 0.201. The number of non-ortho nitro benzene ring substituents is 1. The van der Waals surface area contributed by atoms with E-state index in [1.54, 1.807) is 30.3 Å². The molecule has 35 heavy (non-hydrogen) atoms. The fourth-order valence-electron chi connectivity index (χ4n) is 3.22. The minimum absolute atomic E-state index is 0.00877. The van der Waals surface area contributed by atoms with Gasteiger partial charge in [-0.1, -0.05) is 18.2 Å². The van der Waals surface area contributed by atoms with Crippen molar-refractivity contribution in [3.8, 4) is 5.75 Å². The second-order valence-electron chi connectivity index (χ2n) is 7.23. The molecule has 0 atom stereocenters. The number of carbonyl (C=O) groups excluding carboxylic acids is 2. The highest BCUT2D eigenvalue weighted by molar-refractivity contribution is 7.80. The Balaban J connectivity index is 1.40. The number of benzene rings is 3. The zero-order valence-corrected chi connectivity index (χ0v) is 19.0. The summed E-state index contributed by atoms with van der Waals surface area (Å²) in [4.78, 5) is 35.2. The normalized spacial score (nSPS) is 10.4. The number of para-hydroxylation sites is 1. The molecular weight excluding hydrogens is 472 g/mol. The van der Waals surface area contributed by atoms with Gasteiger partial charge in [-0.05, 0) is 48.6 Å². The molecule has 4 rings (SSSR count). The van der Waals surface area contributed by atoms with Gasteiger partial charge in [0.05, 0.1) is 17.7 Å². The molecule has 0 aliphatic heterocycles. The topological polar surface area (TPSA) is 136 Å². The fraction of sp³-hybridized carbons (Fsp3) is 0.0417. The van der Waals surface area contributed by atoms with Gasteiger partial charge >= 0.3 is 0 Å². The summed E-state index contributed by atoms with van der Waals surface area (Å²) in [6, 6.07) is 18.9. The Morgan fingerprint density at radius 3 is 2.40 bits per heavy atom. The lowest BCUT2D eigenvalue weighted by molar-refractivity contribution is -0.384. The van der Waals surface area contributed by atoms with Crippen LogP contribution in [0.15, 0.2) is 77.2 Å². The van der Waals surface area contributed by atoms with Crippen molar-refractivity contribution in [1.29, 1.82) is 0 Å². The first-order chi connectivity index (χ1) is 16.8. The lowest BCUT2D eigenvalue weighted by atomic mass is 10.2. The third-order valence-corrected chi connectivity index (χ3v) is 5.13. The average Bonchev–Trinajstić information content (AvgIpc) is 3.29. The maximum Gasteiger partial charge on any atom is 0.291 e. The Morgan fingerprint density at radius 1 is 0.971 bits per heavy atom. The van der Waals surface area contributed by atoms with E-state index in [2.05, 4.69) is 16.0 Å². The lowest BCUT2D eigenvalue weighted by Crippen LogP contribution is -2.34. The number of hydrogen-bond acceptors (Lipinski definition) is 7. The van der Waals surface area contributed by atoms with E-state index in [1.807, 2.05) is 18.2 Å². The van der Waals surface area contributed by atoms with Crippen LogP contribution in [0.4, 0.5) is 17.1 Å². The van der Waals surface area contributed by atoms with Gasteiger partial charge in [-0.3, -0.25) is 25.0 Å². The number of nitrogens with zero attached hydrogens (tertiary/aromatic N) is 1. The van der Waals surface area contributed by atoms with Gasteiger partial charge < -0.3 is 19.8 Å². The Morgan fingerprint density at radius 2 is 1.71 bits per heavy atom. The van der Waals surface area contributed by atoms with Crippen LogP contribution in [0, 0.1) is 10.1 Å². The van der Waals surface area contributed by atoms with Crippen LogP contribution in [0.2, 0.25) is 0 Å². The molecule has 0 saturated heterocycles. The number of nitrogens with one attached hydrogen (secondary N) is 3. The van der Waals surface area contributed by atoms with Crippen LogP contribution < -0.4 is 20.7 Å². The molecule has 0 fully saturated rings. The summed E-state index contributed by atoms with van der Waals surface area (Å²) < 4.78 is 11.0. The lowest BCUT2D eigenvalue weighted by Gasteiger charge is -2.13. The number of carbonyl (C=O) groups is 2. The molecule has 4 aromatic rings. The highest BCUT2D eigenvalue weighted by Gasteiger charge is 2.16. The summed E-state index contributed by atoms with van der Waals surface area (Å²) in [6.07, 6.45) is 0. The van der Waals surface area contributed by atoms with Gasteiger partial charge in [-0.15, -0.1) is 0 Å². The molecule has 1 aromatic heterocycles. The van der Waals surface area contributed by atoms with E-state index >= 15 is 0 Å². The second kappa shape index (κ2) is 10.0. The molecule has 0 aliphatic rings. The number of methoxy groups -OCH3 is 1. The Kier molecular flexibility index (Phi) is 6.69. The molecule has 1 heterocycles. The molecule has 11 heteroatoms. The highest BCUT2D eigenvalue weighted by Crippen LogP contribution is 2.29. The average molecular weight is 490 g/mol. The van der Waals surface area contributed by atoms with Gasteiger partial charge in [0.2, 0.25) is 0 Å². The van der Waals surface area contributed by atoms with E-state index in [4.69, 9.17) is 21.4 Å². The van der Waals surface area contributed by atoms with Crippen LogP contribution in [0.1, 0.15) is 20.9 Å². The monoisotopic (exact) mass is 490 g/mol. The molecule has 0 unspecified atom stereocenters. The predicted molar refractivity (Wildman–Crippen MR) is 134 cm³/mol. The van der Waals surface area contributed by atoms with Gasteiger partial charge in [0.15, 0.2) is 10.9 Å². The summed E-state index contributed by atoms with van der Waals surface area (Å²) in [5.41, 5.74) is 1.60. The van der Waals surface area contributed by atoms with Crippen molar-refractivity contribution >= 4 is 57.2 Å². The number of ether oxygens (including phenoxy) is 1. The third-order valence-electron chi connectivity index (χ3n) is 4.92. The summed E-state index contributed by atoms with van der Waals surface area (Å²) in [6.45, 7) is 0. The number of anilines is 2. The molecule has 0 aliphatic carbocycles. The van der Waals surface area contributed by atoms with Crippen LogP contribution in [0.25, 0.3) is 11.0 Å². The number of fused-ring (bicyclic) bond motifs is 1. The maximum absolute atomic E-state index is 12.6. The number of furan rings is 1. The first-order valence-corrected chi connectivity index (χ1v) is 10.6. The Hall–Kier alpha value is -4.77. The molecule has 0 radical (unpaired) electrons. The zero-order chi connectivity index (χ0) is 24.9. The summed E-state index contributed by atoms with van der Waals surface area (Å²) in [5, 5.41) is 19.7. The van der Waals surface area contributed by atoms with Crippen molar-refractivity contribution in [2.45, 2.75) is 0 Å². The van der Waals surface area contributed by atoms with E-state index in [0.717, 1.165) is 5.39 Å². The first kappa shape index (κ1) is 23.4. The SMILES string of the molecule is COc1cc(NC(=S)NC(=O)c2ccc([N+](=O)[O-])cc2)ccc1NC(=O)c1cc2ccccc2o1. The molecule has 2 amide bonds. The minimum atomic E-state index is -0.552. The number of nitro benzene ring substituents is 1. The van der Waals surface area contributed by atoms with E-state index < -0.39 is 16.7 Å². The molecular formula is C24H18N4O6S. The highest BCUT2D eigenvalue weighted by atomic mass is 32.1.